The summed E-state index contributed by atoms with van der Waals surface area (Å²) in [6, 6.07) is 9.70. The summed E-state index contributed by atoms with van der Waals surface area (Å²) in [4.78, 5) is 30.9. The van der Waals surface area contributed by atoms with Crippen LogP contribution in [0.1, 0.15) is 32.1 Å². The van der Waals surface area contributed by atoms with Crippen LogP contribution >= 0.6 is 34.7 Å². The lowest BCUT2D eigenvalue weighted by Gasteiger charge is -2.31. The second kappa shape index (κ2) is 9.03. The highest BCUT2D eigenvalue weighted by atomic mass is 35.5. The molecule has 3 aromatic rings. The standard InChI is InChI=1S/C22H21ClN4O2S2/c1-27-20(29)18-15(14-7-3-4-8-16(14)23)11-30-19(18)25-21(27)31-12-17(28)26-22(13-24)9-5-2-6-10-22/h3-4,7-8,11H,2,5-6,9-10,12H2,1H3,(H,26,28). The largest absolute Gasteiger partial charge is 0.337 e. The van der Waals surface area contributed by atoms with Crippen molar-refractivity contribution in [1.29, 1.82) is 5.26 Å². The van der Waals surface area contributed by atoms with Crippen molar-refractivity contribution in [2.75, 3.05) is 5.75 Å². The monoisotopic (exact) mass is 472 g/mol. The number of nitrogens with one attached hydrogen (secondary N) is 1. The van der Waals surface area contributed by atoms with Gasteiger partial charge >= 0.3 is 0 Å². The Morgan fingerprint density at radius 3 is 2.77 bits per heavy atom. The van der Waals surface area contributed by atoms with Gasteiger partial charge in [0.25, 0.3) is 5.56 Å². The van der Waals surface area contributed by atoms with Gasteiger partial charge in [0.1, 0.15) is 10.4 Å². The number of thiophene rings is 1. The number of thioether (sulfide) groups is 1. The molecule has 1 aliphatic rings. The van der Waals surface area contributed by atoms with Crippen molar-refractivity contribution >= 4 is 50.8 Å². The highest BCUT2D eigenvalue weighted by molar-refractivity contribution is 7.99. The van der Waals surface area contributed by atoms with Crippen molar-refractivity contribution in [3.63, 3.8) is 0 Å². The Balaban J connectivity index is 1.56. The fourth-order valence-electron chi connectivity index (χ4n) is 3.91. The first-order valence-electron chi connectivity index (χ1n) is 10.0. The van der Waals surface area contributed by atoms with E-state index in [0.717, 1.165) is 30.4 Å². The number of aromatic nitrogens is 2. The third-order valence-electron chi connectivity index (χ3n) is 5.57. The van der Waals surface area contributed by atoms with E-state index >= 15 is 0 Å². The van der Waals surface area contributed by atoms with Crippen LogP contribution in [0.2, 0.25) is 5.02 Å². The van der Waals surface area contributed by atoms with E-state index in [4.69, 9.17) is 11.6 Å². The minimum atomic E-state index is -0.767. The molecule has 1 fully saturated rings. The van der Waals surface area contributed by atoms with E-state index in [1.54, 1.807) is 13.1 Å². The zero-order chi connectivity index (χ0) is 22.0. The molecule has 0 aliphatic heterocycles. The number of rotatable bonds is 5. The van der Waals surface area contributed by atoms with Crippen LogP contribution in [-0.4, -0.2) is 26.8 Å². The van der Waals surface area contributed by atoms with Crippen LogP contribution in [-0.2, 0) is 11.8 Å². The van der Waals surface area contributed by atoms with E-state index in [0.29, 0.717) is 33.2 Å². The third-order valence-corrected chi connectivity index (χ3v) is 7.80. The first kappa shape index (κ1) is 21.9. The molecule has 0 saturated heterocycles. The van der Waals surface area contributed by atoms with Gasteiger partial charge in [0.05, 0.1) is 17.2 Å². The second-order valence-electron chi connectivity index (χ2n) is 7.66. The van der Waals surface area contributed by atoms with Crippen LogP contribution in [0.25, 0.3) is 21.3 Å². The maximum Gasteiger partial charge on any atom is 0.263 e. The summed E-state index contributed by atoms with van der Waals surface area (Å²) in [6.07, 6.45) is 4.35. The number of carbonyl (C=O) groups is 1. The number of halogens is 1. The van der Waals surface area contributed by atoms with E-state index in [9.17, 15) is 14.9 Å². The van der Waals surface area contributed by atoms with Crippen LogP contribution in [0.3, 0.4) is 0 Å². The molecular weight excluding hydrogens is 452 g/mol. The highest BCUT2D eigenvalue weighted by Gasteiger charge is 2.33. The first-order valence-corrected chi connectivity index (χ1v) is 12.3. The highest BCUT2D eigenvalue weighted by Crippen LogP contribution is 2.35. The summed E-state index contributed by atoms with van der Waals surface area (Å²) in [5.74, 6) is -0.122. The van der Waals surface area contributed by atoms with Gasteiger partial charge in [-0.1, -0.05) is 60.8 Å². The van der Waals surface area contributed by atoms with Gasteiger partial charge in [-0.15, -0.1) is 11.3 Å². The Kier molecular flexibility index (Phi) is 6.37. The summed E-state index contributed by atoms with van der Waals surface area (Å²) < 4.78 is 1.47. The zero-order valence-electron chi connectivity index (χ0n) is 17.0. The van der Waals surface area contributed by atoms with Crippen LogP contribution in [0.4, 0.5) is 0 Å². The first-order chi connectivity index (χ1) is 14.9. The molecule has 2 heterocycles. The lowest BCUT2D eigenvalue weighted by atomic mass is 9.83. The zero-order valence-corrected chi connectivity index (χ0v) is 19.4. The molecule has 0 bridgehead atoms. The Labute approximate surface area is 193 Å². The minimum absolute atomic E-state index is 0.0952. The lowest BCUT2D eigenvalue weighted by Crippen LogP contribution is -2.49. The number of benzene rings is 1. The van der Waals surface area contributed by atoms with Crippen molar-refractivity contribution in [2.24, 2.45) is 7.05 Å². The van der Waals surface area contributed by atoms with Crippen molar-refractivity contribution in [3.05, 3.63) is 45.0 Å². The van der Waals surface area contributed by atoms with E-state index in [-0.39, 0.29) is 17.2 Å². The molecule has 0 atom stereocenters. The molecule has 0 radical (unpaired) electrons. The third kappa shape index (κ3) is 4.36. The molecule has 6 nitrogen and oxygen atoms in total. The van der Waals surface area contributed by atoms with Crippen LogP contribution in [0.5, 0.6) is 0 Å². The number of nitriles is 1. The SMILES string of the molecule is Cn1c(SCC(=O)NC2(C#N)CCCCC2)nc2scc(-c3ccccc3Cl)c2c1=O. The number of fused-ring (bicyclic) bond motifs is 1. The topological polar surface area (TPSA) is 87.8 Å². The van der Waals surface area contributed by atoms with Crippen molar-refractivity contribution < 1.29 is 4.79 Å². The molecule has 160 valence electrons. The lowest BCUT2D eigenvalue weighted by molar-refractivity contribution is -0.120. The van der Waals surface area contributed by atoms with Crippen LogP contribution in [0, 0.1) is 11.3 Å². The number of hydrogen-bond donors (Lipinski definition) is 1. The van der Waals surface area contributed by atoms with Gasteiger partial charge in [-0.2, -0.15) is 5.26 Å². The summed E-state index contributed by atoms with van der Waals surface area (Å²) in [6.45, 7) is 0. The summed E-state index contributed by atoms with van der Waals surface area (Å²) in [5, 5.41) is 15.9. The Hall–Kier alpha value is -2.34. The average molecular weight is 473 g/mol. The molecule has 0 spiro atoms. The molecular formula is C22H21ClN4O2S2. The van der Waals surface area contributed by atoms with E-state index in [2.05, 4.69) is 16.4 Å². The number of nitrogens with zero attached hydrogens (tertiary/aromatic N) is 3. The molecule has 1 saturated carbocycles. The van der Waals surface area contributed by atoms with Crippen molar-refractivity contribution in [3.8, 4) is 17.2 Å². The van der Waals surface area contributed by atoms with Crippen molar-refractivity contribution in [1.82, 2.24) is 14.9 Å². The fraction of sp³-hybridized carbons (Fsp3) is 0.364. The Morgan fingerprint density at radius 2 is 2.06 bits per heavy atom. The molecule has 1 amide bonds. The fourth-order valence-corrected chi connectivity index (χ4v) is 5.90. The van der Waals surface area contributed by atoms with Gasteiger partial charge in [0.2, 0.25) is 5.91 Å². The molecule has 9 heteroatoms. The summed E-state index contributed by atoms with van der Waals surface area (Å²) in [5.41, 5.74) is 0.617. The van der Waals surface area contributed by atoms with Gasteiger partial charge in [-0.25, -0.2) is 4.98 Å². The van der Waals surface area contributed by atoms with E-state index < -0.39 is 5.54 Å². The quantitative estimate of drug-likeness (QED) is 0.427. The second-order valence-corrected chi connectivity index (χ2v) is 9.87. The average Bonchev–Trinajstić information content (AvgIpc) is 3.20. The molecule has 0 unspecified atom stereocenters. The van der Waals surface area contributed by atoms with Gasteiger partial charge in [-0.3, -0.25) is 14.2 Å². The molecule has 2 aromatic heterocycles. The number of amides is 1. The molecule has 1 aromatic carbocycles. The summed E-state index contributed by atoms with van der Waals surface area (Å²) >= 11 is 8.91. The molecule has 1 N–H and O–H groups in total. The maximum absolute atomic E-state index is 13.1. The van der Waals surface area contributed by atoms with E-state index in [1.807, 2.05) is 23.6 Å². The van der Waals surface area contributed by atoms with Gasteiger partial charge in [0.15, 0.2) is 5.16 Å². The van der Waals surface area contributed by atoms with Crippen LogP contribution < -0.4 is 10.9 Å². The number of carbonyl (C=O) groups excluding carboxylic acids is 1. The Bertz CT molecular complexity index is 1240. The van der Waals surface area contributed by atoms with Crippen molar-refractivity contribution in [2.45, 2.75) is 42.8 Å². The maximum atomic E-state index is 13.1. The van der Waals surface area contributed by atoms with Gasteiger partial charge < -0.3 is 5.32 Å². The van der Waals surface area contributed by atoms with Gasteiger partial charge in [0, 0.05) is 28.6 Å². The van der Waals surface area contributed by atoms with Gasteiger partial charge in [-0.05, 0) is 18.9 Å². The molecule has 1 aliphatic carbocycles. The molecule has 31 heavy (non-hydrogen) atoms. The minimum Gasteiger partial charge on any atom is -0.337 e. The normalized spacial score (nSPS) is 15.5. The predicted molar refractivity (Wildman–Crippen MR) is 126 cm³/mol. The Morgan fingerprint density at radius 1 is 1.32 bits per heavy atom. The summed E-state index contributed by atoms with van der Waals surface area (Å²) in [7, 11) is 1.65. The number of hydrogen-bond acceptors (Lipinski definition) is 6. The predicted octanol–water partition coefficient (Wildman–Crippen LogP) is 4.75. The molecule has 4 rings (SSSR count). The van der Waals surface area contributed by atoms with E-state index in [1.165, 1.54) is 27.7 Å². The van der Waals surface area contributed by atoms with Crippen LogP contribution in [0.15, 0.2) is 39.6 Å². The smallest absolute Gasteiger partial charge is 0.263 e.